The number of carbonyl (C=O) groups excluding carboxylic acids is 1. The van der Waals surface area contributed by atoms with Crippen LogP contribution in [-0.4, -0.2) is 19.3 Å². The van der Waals surface area contributed by atoms with Crippen LogP contribution >= 0.6 is 0 Å². The van der Waals surface area contributed by atoms with Crippen LogP contribution in [0.4, 0.5) is 13.2 Å². The number of hydrogen-bond acceptors (Lipinski definition) is 2. The van der Waals surface area contributed by atoms with Gasteiger partial charge in [0, 0.05) is 0 Å². The zero-order valence-corrected chi connectivity index (χ0v) is 10.5. The van der Waals surface area contributed by atoms with E-state index in [0.29, 0.717) is 5.56 Å². The summed E-state index contributed by atoms with van der Waals surface area (Å²) < 4.78 is 43.2. The fourth-order valence-corrected chi connectivity index (χ4v) is 1.87. The first-order chi connectivity index (χ1) is 8.25. The number of hydrogen-bond donors (Lipinski definition) is 0. The Balaban J connectivity index is 3.14. The Hall–Kier alpha value is -1.52. The molecule has 18 heavy (non-hydrogen) atoms. The van der Waals surface area contributed by atoms with E-state index in [9.17, 15) is 18.0 Å². The second kappa shape index (κ2) is 5.42. The minimum Gasteiger partial charge on any atom is -0.469 e. The van der Waals surface area contributed by atoms with Gasteiger partial charge in [-0.1, -0.05) is 23.8 Å². The molecule has 0 heterocycles. The Morgan fingerprint density at radius 2 is 1.94 bits per heavy atom. The highest BCUT2D eigenvalue weighted by Crippen LogP contribution is 2.39. The SMILES string of the molecule is COC(=O)C[C@@H](c1ccc(C)cc1C)C(F)(F)F. The van der Waals surface area contributed by atoms with Crippen molar-refractivity contribution in [2.75, 3.05) is 7.11 Å². The largest absolute Gasteiger partial charge is 0.469 e. The van der Waals surface area contributed by atoms with Crippen LogP contribution in [0.25, 0.3) is 0 Å². The van der Waals surface area contributed by atoms with Crippen molar-refractivity contribution in [3.05, 3.63) is 34.9 Å². The molecule has 0 aliphatic heterocycles. The topological polar surface area (TPSA) is 26.3 Å². The summed E-state index contributed by atoms with van der Waals surface area (Å²) in [5, 5.41) is 0. The molecule has 0 unspecified atom stereocenters. The van der Waals surface area contributed by atoms with Crippen molar-refractivity contribution < 1.29 is 22.7 Å². The van der Waals surface area contributed by atoms with Crippen LogP contribution < -0.4 is 0 Å². The van der Waals surface area contributed by atoms with Crippen molar-refractivity contribution >= 4 is 5.97 Å². The van der Waals surface area contributed by atoms with Gasteiger partial charge < -0.3 is 4.74 Å². The molecule has 100 valence electrons. The van der Waals surface area contributed by atoms with Crippen molar-refractivity contribution in [3.8, 4) is 0 Å². The molecule has 0 bridgehead atoms. The number of benzene rings is 1. The number of methoxy groups -OCH3 is 1. The Bertz CT molecular complexity index is 438. The number of ether oxygens (including phenoxy) is 1. The van der Waals surface area contributed by atoms with Crippen LogP contribution in [0, 0.1) is 13.8 Å². The molecule has 0 aromatic heterocycles. The fraction of sp³-hybridized carbons (Fsp3) is 0.462. The molecule has 2 nitrogen and oxygen atoms in total. The molecule has 0 aliphatic rings. The Kier molecular flexibility index (Phi) is 4.38. The summed E-state index contributed by atoms with van der Waals surface area (Å²) in [5.41, 5.74) is 1.54. The smallest absolute Gasteiger partial charge is 0.396 e. The maximum Gasteiger partial charge on any atom is 0.396 e. The average molecular weight is 260 g/mol. The van der Waals surface area contributed by atoms with E-state index in [1.54, 1.807) is 26.0 Å². The molecule has 1 aromatic rings. The normalized spacial score (nSPS) is 13.2. The Labute approximate surface area is 104 Å². The number of rotatable bonds is 3. The van der Waals surface area contributed by atoms with Crippen LogP contribution in [0.3, 0.4) is 0 Å². The van der Waals surface area contributed by atoms with Crippen LogP contribution in [0.5, 0.6) is 0 Å². The second-order valence-electron chi connectivity index (χ2n) is 4.23. The Morgan fingerprint density at radius 1 is 1.33 bits per heavy atom. The van der Waals surface area contributed by atoms with E-state index in [1.807, 2.05) is 0 Å². The molecule has 0 amide bonds. The highest BCUT2D eigenvalue weighted by atomic mass is 19.4. The van der Waals surface area contributed by atoms with Crippen molar-refractivity contribution in [3.63, 3.8) is 0 Å². The molecule has 0 radical (unpaired) electrons. The van der Waals surface area contributed by atoms with Gasteiger partial charge in [-0.05, 0) is 25.0 Å². The lowest BCUT2D eigenvalue weighted by atomic mass is 9.90. The van der Waals surface area contributed by atoms with Crippen LogP contribution in [-0.2, 0) is 9.53 Å². The monoisotopic (exact) mass is 260 g/mol. The minimum absolute atomic E-state index is 0.124. The predicted molar refractivity (Wildman–Crippen MR) is 61.3 cm³/mol. The molecular weight excluding hydrogens is 245 g/mol. The number of carbonyl (C=O) groups is 1. The third-order valence-electron chi connectivity index (χ3n) is 2.79. The third kappa shape index (κ3) is 3.48. The Morgan fingerprint density at radius 3 is 2.39 bits per heavy atom. The number of esters is 1. The van der Waals surface area contributed by atoms with Gasteiger partial charge in [-0.15, -0.1) is 0 Å². The lowest BCUT2D eigenvalue weighted by Crippen LogP contribution is -2.25. The molecule has 1 atom stereocenters. The summed E-state index contributed by atoms with van der Waals surface area (Å²) in [7, 11) is 1.08. The molecule has 1 aromatic carbocycles. The van der Waals surface area contributed by atoms with Gasteiger partial charge in [0.15, 0.2) is 0 Å². The first-order valence-corrected chi connectivity index (χ1v) is 5.46. The van der Waals surface area contributed by atoms with E-state index in [2.05, 4.69) is 4.74 Å². The van der Waals surface area contributed by atoms with E-state index in [0.717, 1.165) is 12.7 Å². The summed E-state index contributed by atoms with van der Waals surface area (Å²) in [5.74, 6) is -2.68. The molecule has 0 aliphatic carbocycles. The van der Waals surface area contributed by atoms with Gasteiger partial charge in [0.05, 0.1) is 19.4 Å². The van der Waals surface area contributed by atoms with Crippen molar-refractivity contribution in [2.24, 2.45) is 0 Å². The number of halogens is 3. The number of aryl methyl sites for hydroxylation is 2. The van der Waals surface area contributed by atoms with Gasteiger partial charge in [0.25, 0.3) is 0 Å². The summed E-state index contributed by atoms with van der Waals surface area (Å²) in [6, 6.07) is 4.70. The minimum atomic E-state index is -4.46. The van der Waals surface area contributed by atoms with Crippen molar-refractivity contribution in [1.82, 2.24) is 0 Å². The quantitative estimate of drug-likeness (QED) is 0.777. The molecule has 0 saturated carbocycles. The van der Waals surface area contributed by atoms with Gasteiger partial charge in [-0.25, -0.2) is 0 Å². The highest BCUT2D eigenvalue weighted by Gasteiger charge is 2.42. The lowest BCUT2D eigenvalue weighted by Gasteiger charge is -2.21. The molecule has 0 fully saturated rings. The van der Waals surface area contributed by atoms with Crippen LogP contribution in [0.15, 0.2) is 18.2 Å². The van der Waals surface area contributed by atoms with Gasteiger partial charge in [-0.3, -0.25) is 4.79 Å². The van der Waals surface area contributed by atoms with Crippen LogP contribution in [0.1, 0.15) is 29.0 Å². The van der Waals surface area contributed by atoms with Gasteiger partial charge in [-0.2, -0.15) is 13.2 Å². The van der Waals surface area contributed by atoms with Gasteiger partial charge >= 0.3 is 12.1 Å². The highest BCUT2D eigenvalue weighted by molar-refractivity contribution is 5.70. The summed E-state index contributed by atoms with van der Waals surface area (Å²) in [6.45, 7) is 3.41. The maximum atomic E-state index is 13.0. The van der Waals surface area contributed by atoms with Crippen LogP contribution in [0.2, 0.25) is 0 Å². The molecule has 5 heteroatoms. The molecule has 0 N–H and O–H groups in total. The zero-order valence-electron chi connectivity index (χ0n) is 10.5. The first-order valence-electron chi connectivity index (χ1n) is 5.46. The zero-order chi connectivity index (χ0) is 13.9. The molecule has 1 rings (SSSR count). The van der Waals surface area contributed by atoms with Gasteiger partial charge in [0.2, 0.25) is 0 Å². The summed E-state index contributed by atoms with van der Waals surface area (Å²) in [6.07, 6.45) is -5.15. The lowest BCUT2D eigenvalue weighted by molar-refractivity contribution is -0.165. The molecule has 0 spiro atoms. The maximum absolute atomic E-state index is 13.0. The second-order valence-corrected chi connectivity index (χ2v) is 4.23. The predicted octanol–water partition coefficient (Wildman–Crippen LogP) is 3.51. The van der Waals surface area contributed by atoms with Crippen molar-refractivity contribution in [2.45, 2.75) is 32.4 Å². The molecular formula is C13H15F3O2. The first kappa shape index (κ1) is 14.5. The summed E-state index contributed by atoms with van der Waals surface area (Å²) >= 11 is 0. The van der Waals surface area contributed by atoms with E-state index in [4.69, 9.17) is 0 Å². The average Bonchev–Trinajstić information content (AvgIpc) is 2.25. The van der Waals surface area contributed by atoms with E-state index in [-0.39, 0.29) is 5.56 Å². The summed E-state index contributed by atoms with van der Waals surface area (Å²) in [4.78, 5) is 11.1. The van der Waals surface area contributed by atoms with Crippen molar-refractivity contribution in [1.29, 1.82) is 0 Å². The fourth-order valence-electron chi connectivity index (χ4n) is 1.87. The van der Waals surface area contributed by atoms with Gasteiger partial charge in [0.1, 0.15) is 0 Å². The van der Waals surface area contributed by atoms with E-state index < -0.39 is 24.5 Å². The standard InChI is InChI=1S/C13H15F3O2/c1-8-4-5-10(9(2)6-8)11(13(14,15)16)7-12(17)18-3/h4-6,11H,7H2,1-3H3/t11-/m0/s1. The van der Waals surface area contributed by atoms with E-state index in [1.165, 1.54) is 6.07 Å². The van der Waals surface area contributed by atoms with E-state index >= 15 is 0 Å². The molecule has 0 saturated heterocycles. The number of alkyl halides is 3. The third-order valence-corrected chi connectivity index (χ3v) is 2.79.